The van der Waals surface area contributed by atoms with Gasteiger partial charge in [0.1, 0.15) is 0 Å². The molecule has 0 radical (unpaired) electrons. The Labute approximate surface area is 123 Å². The van der Waals surface area contributed by atoms with Gasteiger partial charge in [-0.05, 0) is 12.8 Å². The van der Waals surface area contributed by atoms with Gasteiger partial charge in [-0.1, -0.05) is 25.7 Å². The molecule has 16 heavy (non-hydrogen) atoms. The smallest absolute Gasteiger partial charge is 1.00 e. The van der Waals surface area contributed by atoms with Gasteiger partial charge in [0.15, 0.2) is 0 Å². The summed E-state index contributed by atoms with van der Waals surface area (Å²) in [6.07, 6.45) is 5.82. The van der Waals surface area contributed by atoms with Crippen molar-refractivity contribution in [1.82, 2.24) is 0 Å². The summed E-state index contributed by atoms with van der Waals surface area (Å²) in [4.78, 5) is 20.3. The van der Waals surface area contributed by atoms with Crippen molar-refractivity contribution in [3.63, 3.8) is 0 Å². The number of unbranched alkanes of at least 4 members (excludes halogenated alkanes) is 5. The van der Waals surface area contributed by atoms with Crippen molar-refractivity contribution in [1.29, 1.82) is 0 Å². The molecule has 0 bridgehead atoms. The summed E-state index contributed by atoms with van der Waals surface area (Å²) < 4.78 is 0. The largest absolute Gasteiger partial charge is 1.00 e. The molecular weight excluding hydrogens is 198 g/mol. The van der Waals surface area contributed by atoms with Crippen LogP contribution in [-0.4, -0.2) is 22.2 Å². The minimum Gasteiger partial charge on any atom is -1.00 e. The van der Waals surface area contributed by atoms with Crippen LogP contribution >= 0.6 is 0 Å². The Bertz CT molecular complexity index is 175. The first kappa shape index (κ1) is 21.4. The Hall–Kier alpha value is 0.135. The topological polar surface area (TPSA) is 74.6 Å². The maximum atomic E-state index is 10.1. The molecule has 4 nitrogen and oxygen atoms in total. The van der Waals surface area contributed by atoms with Crippen molar-refractivity contribution in [3.8, 4) is 0 Å². The predicted molar refractivity (Wildman–Crippen MR) is 54.4 cm³/mol. The first-order valence-electron chi connectivity index (χ1n) is 5.06. The quantitative estimate of drug-likeness (QED) is 0.311. The van der Waals surface area contributed by atoms with Gasteiger partial charge in [-0.25, -0.2) is 0 Å². The molecule has 2 N–H and O–H groups in total. The summed E-state index contributed by atoms with van der Waals surface area (Å²) in [5.74, 6) is -1.48. The van der Waals surface area contributed by atoms with E-state index in [2.05, 4.69) is 0 Å². The predicted octanol–water partition coefficient (Wildman–Crippen LogP) is -3.49. The molecule has 0 spiro atoms. The van der Waals surface area contributed by atoms with Crippen LogP contribution in [0.2, 0.25) is 0 Å². The molecule has 0 aliphatic rings. The second kappa shape index (κ2) is 15.1. The minimum absolute atomic E-state index is 0. The molecule has 0 aliphatic heterocycles. The Kier molecular flexibility index (Phi) is 20.3. The molecule has 0 rings (SSSR count). The van der Waals surface area contributed by atoms with Crippen LogP contribution < -0.4 is 37.7 Å². The van der Waals surface area contributed by atoms with Crippen LogP contribution in [0.3, 0.4) is 0 Å². The number of rotatable bonds is 9. The second-order valence-electron chi connectivity index (χ2n) is 3.41. The average Bonchev–Trinajstić information content (AvgIpc) is 2.08. The van der Waals surface area contributed by atoms with Crippen molar-refractivity contribution in [2.45, 2.75) is 51.4 Å². The van der Waals surface area contributed by atoms with E-state index in [1.54, 1.807) is 0 Å². The van der Waals surface area contributed by atoms with Crippen LogP contribution in [0.15, 0.2) is 0 Å². The molecule has 0 aromatic carbocycles. The molecule has 0 aromatic rings. The van der Waals surface area contributed by atoms with Crippen molar-refractivity contribution in [2.75, 3.05) is 0 Å². The van der Waals surface area contributed by atoms with Crippen molar-refractivity contribution in [3.05, 3.63) is 0 Å². The van der Waals surface area contributed by atoms with E-state index < -0.39 is 11.9 Å². The maximum absolute atomic E-state index is 10.1. The third-order valence-electron chi connectivity index (χ3n) is 2.03. The molecular formula is C10H20Li2O4. The molecule has 0 heterocycles. The van der Waals surface area contributed by atoms with Gasteiger partial charge in [-0.3, -0.25) is 9.59 Å². The van der Waals surface area contributed by atoms with Crippen LogP contribution in [0.25, 0.3) is 0 Å². The Balaban J connectivity index is -0.000000141. The fourth-order valence-electron chi connectivity index (χ4n) is 1.26. The number of aliphatic carboxylic acids is 2. The average molecular weight is 218 g/mol. The van der Waals surface area contributed by atoms with Crippen LogP contribution in [0.4, 0.5) is 0 Å². The zero-order chi connectivity index (χ0) is 10.8. The van der Waals surface area contributed by atoms with Gasteiger partial charge in [-0.2, -0.15) is 0 Å². The third kappa shape index (κ3) is 19.7. The first-order chi connectivity index (χ1) is 6.63. The third-order valence-corrected chi connectivity index (χ3v) is 2.03. The summed E-state index contributed by atoms with van der Waals surface area (Å²) in [5.41, 5.74) is 0. The summed E-state index contributed by atoms with van der Waals surface area (Å²) in [7, 11) is 0. The van der Waals surface area contributed by atoms with Gasteiger partial charge < -0.3 is 13.1 Å². The minimum atomic E-state index is -0.740. The second-order valence-corrected chi connectivity index (χ2v) is 3.41. The van der Waals surface area contributed by atoms with Crippen molar-refractivity contribution in [2.24, 2.45) is 0 Å². The molecule has 0 aliphatic carbocycles. The van der Waals surface area contributed by atoms with Crippen molar-refractivity contribution < 1.29 is 60.4 Å². The Morgan fingerprint density at radius 3 is 1.19 bits per heavy atom. The number of carbonyl (C=O) groups is 2. The Morgan fingerprint density at radius 2 is 0.938 bits per heavy atom. The number of carboxylic acid groups (broad SMARTS) is 2. The standard InChI is InChI=1S/C10H18O4.2Li.2H/c11-9(12)7-5-3-1-2-4-6-8-10(13)14;;;;/h1-8H2,(H,11,12)(H,13,14);;;;/q;2*+1;2*-1. The van der Waals surface area contributed by atoms with E-state index in [0.29, 0.717) is 0 Å². The molecule has 0 amide bonds. The molecule has 0 saturated carbocycles. The normalized spacial score (nSPS) is 8.75. The van der Waals surface area contributed by atoms with E-state index in [0.717, 1.165) is 38.5 Å². The van der Waals surface area contributed by atoms with Crippen molar-refractivity contribution >= 4 is 11.9 Å². The number of carboxylic acids is 2. The fourth-order valence-corrected chi connectivity index (χ4v) is 1.26. The molecule has 0 unspecified atom stereocenters. The van der Waals surface area contributed by atoms with E-state index >= 15 is 0 Å². The fraction of sp³-hybridized carbons (Fsp3) is 0.800. The van der Waals surface area contributed by atoms with Crippen LogP contribution in [0, 0.1) is 0 Å². The summed E-state index contributed by atoms with van der Waals surface area (Å²) >= 11 is 0. The van der Waals surface area contributed by atoms with E-state index in [1.807, 2.05) is 0 Å². The summed E-state index contributed by atoms with van der Waals surface area (Å²) in [6.45, 7) is 0. The monoisotopic (exact) mass is 218 g/mol. The van der Waals surface area contributed by atoms with Crippen LogP contribution in [0.1, 0.15) is 54.2 Å². The molecule has 0 fully saturated rings. The molecule has 6 heteroatoms. The van der Waals surface area contributed by atoms with E-state index in [4.69, 9.17) is 10.2 Å². The van der Waals surface area contributed by atoms with E-state index in [1.165, 1.54) is 0 Å². The zero-order valence-corrected chi connectivity index (χ0v) is 10.4. The van der Waals surface area contributed by atoms with E-state index in [-0.39, 0.29) is 53.4 Å². The van der Waals surface area contributed by atoms with Gasteiger partial charge in [0.2, 0.25) is 0 Å². The molecule has 86 valence electrons. The van der Waals surface area contributed by atoms with E-state index in [9.17, 15) is 9.59 Å². The van der Waals surface area contributed by atoms with Gasteiger partial charge in [0.05, 0.1) is 0 Å². The molecule has 0 atom stereocenters. The Morgan fingerprint density at radius 1 is 0.688 bits per heavy atom. The first-order valence-corrected chi connectivity index (χ1v) is 5.06. The summed E-state index contributed by atoms with van der Waals surface area (Å²) in [6, 6.07) is 0. The van der Waals surface area contributed by atoms with Gasteiger partial charge in [0.25, 0.3) is 0 Å². The molecule has 0 aromatic heterocycles. The summed E-state index contributed by atoms with van der Waals surface area (Å²) in [5, 5.41) is 16.7. The van der Waals surface area contributed by atoms with Gasteiger partial charge in [0, 0.05) is 12.8 Å². The zero-order valence-electron chi connectivity index (χ0n) is 12.4. The maximum Gasteiger partial charge on any atom is 1.00 e. The molecule has 0 saturated heterocycles. The van der Waals surface area contributed by atoms with Gasteiger partial charge >= 0.3 is 49.7 Å². The number of hydrogen-bond donors (Lipinski definition) is 2. The number of hydrogen-bond acceptors (Lipinski definition) is 2. The van der Waals surface area contributed by atoms with Crippen LogP contribution in [-0.2, 0) is 9.59 Å². The SMILES string of the molecule is O=C(O)CCCCCCCCC(=O)O.[H-].[H-].[Li+].[Li+]. The van der Waals surface area contributed by atoms with Gasteiger partial charge in [-0.15, -0.1) is 0 Å². The van der Waals surface area contributed by atoms with Crippen LogP contribution in [0.5, 0.6) is 0 Å².